The summed E-state index contributed by atoms with van der Waals surface area (Å²) < 4.78 is 10.7. The minimum absolute atomic E-state index is 0.0359. The van der Waals surface area contributed by atoms with E-state index in [0.717, 1.165) is 6.42 Å². The first-order chi connectivity index (χ1) is 14.6. The number of fused-ring (bicyclic) bond motifs is 1. The monoisotopic (exact) mass is 399 g/mol. The Labute approximate surface area is 176 Å². The summed E-state index contributed by atoms with van der Waals surface area (Å²) in [5, 5.41) is 3.15. The molecule has 0 aromatic heterocycles. The number of amides is 1. The molecule has 1 amide bonds. The smallest absolute Gasteiger partial charge is 0.231 e. The van der Waals surface area contributed by atoms with Gasteiger partial charge in [0.05, 0.1) is 19.6 Å². The zero-order valence-corrected chi connectivity index (χ0v) is 17.4. The van der Waals surface area contributed by atoms with Crippen LogP contribution in [0.1, 0.15) is 47.4 Å². The first kappa shape index (κ1) is 18.7. The van der Waals surface area contributed by atoms with Gasteiger partial charge in [-0.25, -0.2) is 0 Å². The Balaban J connectivity index is 1.55. The van der Waals surface area contributed by atoms with E-state index >= 15 is 0 Å². The molecule has 0 fully saturated rings. The van der Waals surface area contributed by atoms with Gasteiger partial charge in [-0.1, -0.05) is 48.5 Å². The van der Waals surface area contributed by atoms with Gasteiger partial charge in [-0.3, -0.25) is 4.79 Å². The van der Waals surface area contributed by atoms with Gasteiger partial charge in [-0.05, 0) is 47.7 Å². The van der Waals surface area contributed by atoms with Crippen molar-refractivity contribution in [2.45, 2.75) is 25.2 Å². The molecule has 4 nitrogen and oxygen atoms in total. The topological polar surface area (TPSA) is 47.6 Å². The standard InChI is InChI=1S/C26H25NO3/c1-26(25(28)27-16-12-13-22(29-2)23(14-16)30-3)15-21-17-8-4-6-10-19(17)24(26)20-11-7-5-9-18(20)21/h4-14,21,24H,15H2,1-3H3,(H,27,28). The molecule has 6 rings (SSSR count). The van der Waals surface area contributed by atoms with Crippen LogP contribution in [0, 0.1) is 5.41 Å². The summed E-state index contributed by atoms with van der Waals surface area (Å²) in [4.78, 5) is 13.7. The van der Waals surface area contributed by atoms with Crippen LogP contribution in [0.5, 0.6) is 11.5 Å². The highest BCUT2D eigenvalue weighted by Crippen LogP contribution is 2.61. The molecule has 3 aliphatic carbocycles. The van der Waals surface area contributed by atoms with E-state index in [9.17, 15) is 4.79 Å². The number of rotatable bonds is 4. The maximum absolute atomic E-state index is 13.7. The second-order valence-electron chi connectivity index (χ2n) is 8.39. The second-order valence-corrected chi connectivity index (χ2v) is 8.39. The predicted octanol–water partition coefficient (Wildman–Crippen LogP) is 5.33. The average molecular weight is 399 g/mol. The van der Waals surface area contributed by atoms with Gasteiger partial charge in [0.2, 0.25) is 5.91 Å². The van der Waals surface area contributed by atoms with Crippen molar-refractivity contribution in [1.29, 1.82) is 0 Å². The Morgan fingerprint density at radius 2 is 1.43 bits per heavy atom. The molecule has 2 bridgehead atoms. The number of benzene rings is 3. The fourth-order valence-corrected chi connectivity index (χ4v) is 5.38. The molecular formula is C26H25NO3. The molecule has 0 heterocycles. The maximum Gasteiger partial charge on any atom is 0.231 e. The molecule has 30 heavy (non-hydrogen) atoms. The number of carbonyl (C=O) groups excluding carboxylic acids is 1. The quantitative estimate of drug-likeness (QED) is 0.645. The third-order valence-corrected chi connectivity index (χ3v) is 6.79. The maximum atomic E-state index is 13.7. The van der Waals surface area contributed by atoms with Crippen molar-refractivity contribution < 1.29 is 14.3 Å². The van der Waals surface area contributed by atoms with E-state index in [4.69, 9.17) is 9.47 Å². The van der Waals surface area contributed by atoms with Crippen LogP contribution in [0.2, 0.25) is 0 Å². The lowest BCUT2D eigenvalue weighted by Crippen LogP contribution is -2.47. The van der Waals surface area contributed by atoms with Gasteiger partial charge in [0.25, 0.3) is 0 Å². The molecule has 1 unspecified atom stereocenters. The predicted molar refractivity (Wildman–Crippen MR) is 117 cm³/mol. The van der Waals surface area contributed by atoms with Gasteiger partial charge < -0.3 is 14.8 Å². The molecule has 152 valence electrons. The zero-order valence-electron chi connectivity index (χ0n) is 17.4. The Kier molecular flexibility index (Phi) is 4.31. The first-order valence-electron chi connectivity index (χ1n) is 10.3. The third kappa shape index (κ3) is 2.63. The third-order valence-electron chi connectivity index (χ3n) is 6.79. The Morgan fingerprint density at radius 1 is 0.867 bits per heavy atom. The van der Waals surface area contributed by atoms with Gasteiger partial charge in [-0.15, -0.1) is 0 Å². The minimum Gasteiger partial charge on any atom is -0.493 e. The van der Waals surface area contributed by atoms with Crippen LogP contribution in [-0.2, 0) is 4.79 Å². The summed E-state index contributed by atoms with van der Waals surface area (Å²) in [6.07, 6.45) is 0.796. The highest BCUT2D eigenvalue weighted by molar-refractivity contribution is 5.97. The summed E-state index contributed by atoms with van der Waals surface area (Å²) in [5.41, 5.74) is 5.44. The van der Waals surface area contributed by atoms with Crippen molar-refractivity contribution in [3.8, 4) is 11.5 Å². The summed E-state index contributed by atoms with van der Waals surface area (Å²) in [7, 11) is 3.20. The second kappa shape index (κ2) is 6.91. The summed E-state index contributed by atoms with van der Waals surface area (Å²) in [5.74, 6) is 1.55. The normalized spacial score (nSPS) is 23.3. The molecule has 1 N–H and O–H groups in total. The number of anilines is 1. The largest absolute Gasteiger partial charge is 0.493 e. The van der Waals surface area contributed by atoms with E-state index in [-0.39, 0.29) is 17.7 Å². The molecule has 0 spiro atoms. The zero-order chi connectivity index (χ0) is 20.9. The average Bonchev–Trinajstić information content (AvgIpc) is 2.79. The van der Waals surface area contributed by atoms with Crippen LogP contribution in [0.15, 0.2) is 66.7 Å². The molecule has 3 aromatic rings. The van der Waals surface area contributed by atoms with Crippen molar-refractivity contribution in [3.63, 3.8) is 0 Å². The molecule has 0 radical (unpaired) electrons. The molecule has 3 aromatic carbocycles. The Hall–Kier alpha value is -3.27. The number of hydrogen-bond acceptors (Lipinski definition) is 3. The van der Waals surface area contributed by atoms with Crippen LogP contribution in [-0.4, -0.2) is 20.1 Å². The molecule has 0 aliphatic heterocycles. The van der Waals surface area contributed by atoms with E-state index in [2.05, 4.69) is 60.8 Å². The highest BCUT2D eigenvalue weighted by Gasteiger charge is 2.53. The lowest BCUT2D eigenvalue weighted by molar-refractivity contribution is -0.126. The van der Waals surface area contributed by atoms with E-state index < -0.39 is 5.41 Å². The Bertz CT molecular complexity index is 1090. The van der Waals surface area contributed by atoms with Crippen LogP contribution < -0.4 is 14.8 Å². The van der Waals surface area contributed by atoms with Crippen LogP contribution in [0.4, 0.5) is 5.69 Å². The number of carbonyl (C=O) groups is 1. The van der Waals surface area contributed by atoms with Crippen LogP contribution >= 0.6 is 0 Å². The van der Waals surface area contributed by atoms with Gasteiger partial charge in [0.1, 0.15) is 0 Å². The van der Waals surface area contributed by atoms with E-state index in [1.165, 1.54) is 22.3 Å². The molecule has 1 atom stereocenters. The summed E-state index contributed by atoms with van der Waals surface area (Å²) in [6, 6.07) is 22.6. The number of methoxy groups -OCH3 is 2. The molecule has 3 aliphatic rings. The van der Waals surface area contributed by atoms with E-state index in [0.29, 0.717) is 17.2 Å². The van der Waals surface area contributed by atoms with Gasteiger partial charge in [0, 0.05) is 23.6 Å². The van der Waals surface area contributed by atoms with Crippen molar-refractivity contribution >= 4 is 11.6 Å². The van der Waals surface area contributed by atoms with Crippen molar-refractivity contribution in [3.05, 3.63) is 89.0 Å². The Morgan fingerprint density at radius 3 is 2.00 bits per heavy atom. The number of nitrogens with one attached hydrogen (secondary N) is 1. The SMILES string of the molecule is COc1ccc(NC(=O)C2(C)CC3c4ccccc4C2c2ccccc23)cc1OC. The molecule has 0 saturated heterocycles. The summed E-state index contributed by atoms with van der Waals surface area (Å²) in [6.45, 7) is 2.10. The van der Waals surface area contributed by atoms with Crippen molar-refractivity contribution in [1.82, 2.24) is 0 Å². The highest BCUT2D eigenvalue weighted by atomic mass is 16.5. The van der Waals surface area contributed by atoms with Gasteiger partial charge in [-0.2, -0.15) is 0 Å². The van der Waals surface area contributed by atoms with Crippen molar-refractivity contribution in [2.24, 2.45) is 5.41 Å². The first-order valence-corrected chi connectivity index (χ1v) is 10.3. The fourth-order valence-electron chi connectivity index (χ4n) is 5.38. The van der Waals surface area contributed by atoms with E-state index in [1.54, 1.807) is 14.2 Å². The molecular weight excluding hydrogens is 374 g/mol. The van der Waals surface area contributed by atoms with Crippen molar-refractivity contribution in [2.75, 3.05) is 19.5 Å². The summed E-state index contributed by atoms with van der Waals surface area (Å²) >= 11 is 0. The van der Waals surface area contributed by atoms with Gasteiger partial charge >= 0.3 is 0 Å². The molecule has 0 saturated carbocycles. The minimum atomic E-state index is -0.541. The van der Waals surface area contributed by atoms with E-state index in [1.807, 2.05) is 18.2 Å². The van der Waals surface area contributed by atoms with Crippen LogP contribution in [0.25, 0.3) is 0 Å². The molecule has 4 heteroatoms. The van der Waals surface area contributed by atoms with Gasteiger partial charge in [0.15, 0.2) is 11.5 Å². The van der Waals surface area contributed by atoms with Crippen LogP contribution in [0.3, 0.4) is 0 Å². The lowest BCUT2D eigenvalue weighted by atomic mass is 9.52. The number of ether oxygens (including phenoxy) is 2. The lowest BCUT2D eigenvalue weighted by Gasteiger charge is -2.50. The fraction of sp³-hybridized carbons (Fsp3) is 0.269. The number of hydrogen-bond donors (Lipinski definition) is 1.